The lowest BCUT2D eigenvalue weighted by Gasteiger charge is -2.44. The van der Waals surface area contributed by atoms with Gasteiger partial charge in [0.25, 0.3) is 0 Å². The van der Waals surface area contributed by atoms with E-state index in [-0.39, 0.29) is 0 Å². The summed E-state index contributed by atoms with van der Waals surface area (Å²) in [5, 5.41) is 0. The highest BCUT2D eigenvalue weighted by atomic mass is 19.2. The molecule has 5 rings (SSSR count). The van der Waals surface area contributed by atoms with Gasteiger partial charge in [-0.15, -0.1) is 21.9 Å². The van der Waals surface area contributed by atoms with E-state index in [4.69, 9.17) is 0 Å². The van der Waals surface area contributed by atoms with E-state index in [0.717, 1.165) is 6.54 Å². The highest BCUT2D eigenvalue weighted by Crippen LogP contribution is 2.30. The zero-order chi connectivity index (χ0) is 43.2. The summed E-state index contributed by atoms with van der Waals surface area (Å²) in [5.41, 5.74) is -12.9. The van der Waals surface area contributed by atoms with Gasteiger partial charge in [0.15, 0.2) is 69.8 Å². The van der Waals surface area contributed by atoms with E-state index < -0.39 is 144 Å². The molecule has 57 heavy (non-hydrogen) atoms. The standard InChI is InChI=1S/C24BF20.C11H17N/c26-5-1(6(27)14(35)21(42)13(5)34)25(2-7(28)15(36)22(43)16(37)8(2)29,3-9(30)17(38)23(44)18(39)10(3)31)4-11(32)19(40)24(45)20(41)12(4)33;1-3-12(4-2)10-11-8-6-5-7-9-11/h;5-9H,3-4,10H2,1-2H3/q-1;/p+1. The molecular weight excluding hydrogens is 825 g/mol. The Balaban J connectivity index is 0.000000512. The van der Waals surface area contributed by atoms with Crippen LogP contribution in [0.5, 0.6) is 0 Å². The molecule has 0 unspecified atom stereocenters. The Labute approximate surface area is 306 Å². The molecule has 0 aliphatic heterocycles. The molecule has 0 radical (unpaired) electrons. The number of nitrogens with one attached hydrogen (secondary N) is 1. The van der Waals surface area contributed by atoms with Gasteiger partial charge in [0, 0.05) is 5.56 Å². The predicted octanol–water partition coefficient (Wildman–Crippen LogP) is 6.96. The van der Waals surface area contributed by atoms with Crippen LogP contribution < -0.4 is 26.8 Å². The molecule has 0 saturated heterocycles. The van der Waals surface area contributed by atoms with Crippen molar-refractivity contribution in [3.63, 3.8) is 0 Å². The van der Waals surface area contributed by atoms with Crippen LogP contribution in [0.1, 0.15) is 19.4 Å². The second-order valence-corrected chi connectivity index (χ2v) is 11.9. The number of hydrogen-bond acceptors (Lipinski definition) is 0. The third-order valence-corrected chi connectivity index (χ3v) is 9.00. The molecular formula is C35H18BF20N. The third kappa shape index (κ3) is 7.05. The van der Waals surface area contributed by atoms with Crippen molar-refractivity contribution in [1.29, 1.82) is 0 Å². The van der Waals surface area contributed by atoms with Crippen molar-refractivity contribution in [2.45, 2.75) is 20.4 Å². The number of halogens is 20. The molecule has 0 fully saturated rings. The SMILES string of the molecule is CC[NH+](CC)Cc1ccccc1.Fc1c(F)c(F)c([B-](c2c(F)c(F)c(F)c(F)c2F)(c2c(F)c(F)c(F)c(F)c2F)c2c(F)c(F)c(F)c(F)c2F)c(F)c1F. The van der Waals surface area contributed by atoms with Crippen LogP contribution in [-0.2, 0) is 6.54 Å². The van der Waals surface area contributed by atoms with Crippen LogP contribution in [0.3, 0.4) is 0 Å². The fraction of sp³-hybridized carbons (Fsp3) is 0.143. The Bertz CT molecular complexity index is 1980. The molecule has 0 aliphatic rings. The minimum atomic E-state index is -7.22. The van der Waals surface area contributed by atoms with Crippen molar-refractivity contribution >= 4 is 28.0 Å². The van der Waals surface area contributed by atoms with Crippen molar-refractivity contribution in [3.8, 4) is 0 Å². The maximum atomic E-state index is 15.4. The molecule has 0 bridgehead atoms. The minimum absolute atomic E-state index is 1.16. The van der Waals surface area contributed by atoms with Crippen LogP contribution in [0.25, 0.3) is 0 Å². The molecule has 1 nitrogen and oxygen atoms in total. The van der Waals surface area contributed by atoms with Gasteiger partial charge in [-0.1, -0.05) is 30.3 Å². The third-order valence-electron chi connectivity index (χ3n) is 9.00. The van der Waals surface area contributed by atoms with Gasteiger partial charge in [0.2, 0.25) is 0 Å². The molecule has 1 N–H and O–H groups in total. The summed E-state index contributed by atoms with van der Waals surface area (Å²) in [5.74, 6) is -71.4. The summed E-state index contributed by atoms with van der Waals surface area (Å²) < 4.78 is 294. The molecule has 0 spiro atoms. The van der Waals surface area contributed by atoms with E-state index in [0.29, 0.717) is 0 Å². The van der Waals surface area contributed by atoms with Crippen LogP contribution in [0, 0.1) is 116 Å². The molecule has 22 heteroatoms. The van der Waals surface area contributed by atoms with Gasteiger partial charge >= 0.3 is 0 Å². The average molecular weight is 843 g/mol. The highest BCUT2D eigenvalue weighted by Gasteiger charge is 2.52. The normalized spacial score (nSPS) is 11.7. The fourth-order valence-electron chi connectivity index (χ4n) is 6.26. The molecule has 0 amide bonds. The number of quaternary nitrogens is 1. The van der Waals surface area contributed by atoms with E-state index in [1.807, 2.05) is 0 Å². The maximum Gasteiger partial charge on any atom is 0.200 e. The van der Waals surface area contributed by atoms with Gasteiger partial charge < -0.3 is 4.90 Å². The maximum absolute atomic E-state index is 15.4. The topological polar surface area (TPSA) is 4.44 Å². The van der Waals surface area contributed by atoms with Crippen LogP contribution in [-0.4, -0.2) is 19.2 Å². The molecule has 0 saturated carbocycles. The van der Waals surface area contributed by atoms with Gasteiger partial charge in [0.1, 0.15) is 59.2 Å². The predicted molar refractivity (Wildman–Crippen MR) is 161 cm³/mol. The quantitative estimate of drug-likeness (QED) is 0.0747. The van der Waals surface area contributed by atoms with E-state index in [1.54, 1.807) is 4.90 Å². The zero-order valence-electron chi connectivity index (χ0n) is 28.1. The second-order valence-electron chi connectivity index (χ2n) is 11.9. The Morgan fingerprint density at radius 1 is 0.316 bits per heavy atom. The van der Waals surface area contributed by atoms with E-state index >= 15 is 35.1 Å². The van der Waals surface area contributed by atoms with Gasteiger partial charge in [0.05, 0.1) is 13.1 Å². The zero-order valence-corrected chi connectivity index (χ0v) is 28.1. The molecule has 0 aliphatic carbocycles. The molecule has 306 valence electrons. The van der Waals surface area contributed by atoms with E-state index in [2.05, 4.69) is 44.2 Å². The van der Waals surface area contributed by atoms with E-state index in [1.165, 1.54) is 18.7 Å². The lowest BCUT2D eigenvalue weighted by molar-refractivity contribution is -0.910. The first-order chi connectivity index (χ1) is 26.6. The first-order valence-electron chi connectivity index (χ1n) is 15.7. The monoisotopic (exact) mass is 843 g/mol. The smallest absolute Gasteiger partial charge is 0.200 e. The van der Waals surface area contributed by atoms with Crippen LogP contribution in [0.2, 0.25) is 0 Å². The van der Waals surface area contributed by atoms with Crippen molar-refractivity contribution in [1.82, 2.24) is 0 Å². The Hall–Kier alpha value is -5.28. The molecule has 0 heterocycles. The first-order valence-corrected chi connectivity index (χ1v) is 15.7. The number of hydrogen-bond donors (Lipinski definition) is 1. The fourth-order valence-corrected chi connectivity index (χ4v) is 6.26. The van der Waals surface area contributed by atoms with Crippen molar-refractivity contribution in [3.05, 3.63) is 152 Å². The second kappa shape index (κ2) is 16.7. The van der Waals surface area contributed by atoms with E-state index in [9.17, 15) is 52.7 Å². The van der Waals surface area contributed by atoms with Crippen LogP contribution >= 0.6 is 0 Å². The van der Waals surface area contributed by atoms with Crippen LogP contribution in [0.4, 0.5) is 87.8 Å². The summed E-state index contributed by atoms with van der Waals surface area (Å²) in [7, 11) is 0. The Kier molecular flexibility index (Phi) is 13.0. The van der Waals surface area contributed by atoms with Crippen LogP contribution in [0.15, 0.2) is 30.3 Å². The Morgan fingerprint density at radius 3 is 0.702 bits per heavy atom. The molecule has 0 atom stereocenters. The molecule has 0 aromatic heterocycles. The van der Waals surface area contributed by atoms with Gasteiger partial charge in [-0.05, 0) is 13.8 Å². The highest BCUT2D eigenvalue weighted by molar-refractivity contribution is 7.20. The largest absolute Gasteiger partial charge is 0.332 e. The minimum Gasteiger partial charge on any atom is -0.332 e. The van der Waals surface area contributed by atoms with Crippen molar-refractivity contribution in [2.75, 3.05) is 13.1 Å². The molecule has 5 aromatic rings. The lowest BCUT2D eigenvalue weighted by Crippen LogP contribution is -3.10. The summed E-state index contributed by atoms with van der Waals surface area (Å²) in [6, 6.07) is 10.7. The molecule has 5 aromatic carbocycles. The summed E-state index contributed by atoms with van der Waals surface area (Å²) in [6.45, 7) is 8.06. The number of benzene rings is 5. The Morgan fingerprint density at radius 2 is 0.509 bits per heavy atom. The van der Waals surface area contributed by atoms with Gasteiger partial charge in [-0.3, -0.25) is 0 Å². The summed E-state index contributed by atoms with van der Waals surface area (Å²) in [4.78, 5) is 1.64. The average Bonchev–Trinajstić information content (AvgIpc) is 3.20. The van der Waals surface area contributed by atoms with Crippen molar-refractivity contribution < 1.29 is 92.7 Å². The van der Waals surface area contributed by atoms with Gasteiger partial charge in [-0.2, -0.15) is 0 Å². The lowest BCUT2D eigenvalue weighted by atomic mass is 9.12. The number of rotatable bonds is 8. The van der Waals surface area contributed by atoms with Gasteiger partial charge in [-0.25, -0.2) is 87.8 Å². The van der Waals surface area contributed by atoms with Crippen molar-refractivity contribution in [2.24, 2.45) is 0 Å². The summed E-state index contributed by atoms with van der Waals surface area (Å²) >= 11 is 0. The first kappa shape index (κ1) is 44.4. The summed E-state index contributed by atoms with van der Waals surface area (Å²) in [6.07, 6.45) is -7.22.